The van der Waals surface area contributed by atoms with Gasteiger partial charge in [0.2, 0.25) is 11.8 Å². The first-order valence-electron chi connectivity index (χ1n) is 9.88. The van der Waals surface area contributed by atoms with Gasteiger partial charge in [0.1, 0.15) is 11.7 Å². The number of ether oxygens (including phenoxy) is 1. The van der Waals surface area contributed by atoms with Gasteiger partial charge in [0, 0.05) is 16.0 Å². The van der Waals surface area contributed by atoms with E-state index in [1.807, 2.05) is 25.1 Å². The number of imide groups is 1. The highest BCUT2D eigenvalue weighted by Crippen LogP contribution is 2.59. The van der Waals surface area contributed by atoms with E-state index in [4.69, 9.17) is 4.74 Å². The van der Waals surface area contributed by atoms with Gasteiger partial charge < -0.3 is 4.74 Å². The van der Waals surface area contributed by atoms with Crippen LogP contribution in [-0.4, -0.2) is 17.8 Å². The maximum absolute atomic E-state index is 13.8. The minimum atomic E-state index is -1.01. The Labute approximate surface area is 177 Å². The number of nitrogens with zero attached hydrogens (tertiary/aromatic N) is 1. The summed E-state index contributed by atoms with van der Waals surface area (Å²) < 4.78 is 6.38. The van der Waals surface area contributed by atoms with Crippen LogP contribution in [0.1, 0.15) is 42.7 Å². The average Bonchev–Trinajstić information content (AvgIpc) is 3.18. The molecule has 1 aliphatic carbocycles. The second-order valence-electron chi connectivity index (χ2n) is 8.24. The van der Waals surface area contributed by atoms with E-state index in [9.17, 15) is 14.4 Å². The van der Waals surface area contributed by atoms with Crippen LogP contribution in [0.5, 0.6) is 5.75 Å². The van der Waals surface area contributed by atoms with Crippen LogP contribution in [0.2, 0.25) is 0 Å². The van der Waals surface area contributed by atoms with Gasteiger partial charge in [-0.25, -0.2) is 4.90 Å². The van der Waals surface area contributed by atoms with Crippen molar-refractivity contribution in [1.29, 1.82) is 0 Å². The number of carbonyl (C=O) groups excluding carboxylic acids is 3. The standard InChI is InChI=1S/C23H20BrNO4/c1-13-4-7-15(8-5-13)25-20(26)18-19(23(22(25)28)10-2-3-11-23)16-12-14(24)6-9-17(16)29-21(18)27/h4-9,12,18-19H,2-3,10-11H2,1H3/t18-,19+/m1/s1. The van der Waals surface area contributed by atoms with Gasteiger partial charge >= 0.3 is 5.97 Å². The number of benzene rings is 2. The molecule has 5 nitrogen and oxygen atoms in total. The van der Waals surface area contributed by atoms with Crippen LogP contribution in [0.4, 0.5) is 5.69 Å². The predicted octanol–water partition coefficient (Wildman–Crippen LogP) is 4.51. The molecule has 1 saturated carbocycles. The number of hydrogen-bond acceptors (Lipinski definition) is 4. The number of carbonyl (C=O) groups is 3. The minimum Gasteiger partial charge on any atom is -0.426 e. The first kappa shape index (κ1) is 18.6. The lowest BCUT2D eigenvalue weighted by atomic mass is 9.60. The summed E-state index contributed by atoms with van der Waals surface area (Å²) in [6.07, 6.45) is 3.15. The summed E-state index contributed by atoms with van der Waals surface area (Å²) in [5.74, 6) is -2.28. The predicted molar refractivity (Wildman–Crippen MR) is 111 cm³/mol. The number of anilines is 1. The minimum absolute atomic E-state index is 0.189. The number of piperidine rings is 1. The first-order chi connectivity index (χ1) is 13.9. The van der Waals surface area contributed by atoms with Gasteiger partial charge in [-0.05, 0) is 50.1 Å². The molecule has 2 aromatic rings. The second kappa shape index (κ2) is 6.52. The molecule has 2 fully saturated rings. The Morgan fingerprint density at radius 3 is 2.41 bits per heavy atom. The third-order valence-corrected chi connectivity index (χ3v) is 7.10. The molecular formula is C23H20BrNO4. The lowest BCUT2D eigenvalue weighted by molar-refractivity contribution is -0.155. The lowest BCUT2D eigenvalue weighted by Crippen LogP contribution is -2.62. The summed E-state index contributed by atoms with van der Waals surface area (Å²) in [6, 6.07) is 12.7. The number of aryl methyl sites for hydroxylation is 1. The summed E-state index contributed by atoms with van der Waals surface area (Å²) in [7, 11) is 0. The van der Waals surface area contributed by atoms with Crippen molar-refractivity contribution in [2.24, 2.45) is 11.3 Å². The molecule has 0 bridgehead atoms. The Bertz CT molecular complexity index is 1040. The van der Waals surface area contributed by atoms with Crippen LogP contribution < -0.4 is 9.64 Å². The maximum Gasteiger partial charge on any atom is 0.324 e. The smallest absolute Gasteiger partial charge is 0.324 e. The van der Waals surface area contributed by atoms with Crippen LogP contribution in [0.3, 0.4) is 0 Å². The third kappa shape index (κ3) is 2.61. The molecule has 2 heterocycles. The molecule has 29 heavy (non-hydrogen) atoms. The highest BCUT2D eigenvalue weighted by molar-refractivity contribution is 9.10. The molecule has 0 unspecified atom stereocenters. The van der Waals surface area contributed by atoms with Crippen LogP contribution in [-0.2, 0) is 14.4 Å². The molecule has 1 saturated heterocycles. The fourth-order valence-electron chi connectivity index (χ4n) is 5.27. The van der Waals surface area contributed by atoms with Gasteiger partial charge in [-0.2, -0.15) is 0 Å². The van der Waals surface area contributed by atoms with E-state index >= 15 is 0 Å². The van der Waals surface area contributed by atoms with Crippen molar-refractivity contribution < 1.29 is 19.1 Å². The van der Waals surface area contributed by atoms with E-state index < -0.39 is 29.1 Å². The third-order valence-electron chi connectivity index (χ3n) is 6.60. The zero-order valence-corrected chi connectivity index (χ0v) is 17.6. The molecule has 6 heteroatoms. The SMILES string of the molecule is Cc1ccc(N2C(=O)[C@@H]3C(=O)Oc4ccc(Br)cc4[C@@H]3C3(CCCC3)C2=O)cc1. The average molecular weight is 454 g/mol. The van der Waals surface area contributed by atoms with Crippen LogP contribution in [0.15, 0.2) is 46.9 Å². The van der Waals surface area contributed by atoms with Crippen molar-refractivity contribution in [3.05, 3.63) is 58.1 Å². The molecule has 1 spiro atoms. The topological polar surface area (TPSA) is 63.7 Å². The molecule has 5 rings (SSSR count). The fourth-order valence-corrected chi connectivity index (χ4v) is 5.65. The molecule has 0 N–H and O–H groups in total. The van der Waals surface area contributed by atoms with Crippen molar-refractivity contribution in [3.63, 3.8) is 0 Å². The number of amides is 2. The molecule has 2 amide bonds. The van der Waals surface area contributed by atoms with E-state index in [-0.39, 0.29) is 5.91 Å². The van der Waals surface area contributed by atoms with E-state index in [2.05, 4.69) is 15.9 Å². The number of rotatable bonds is 1. The van der Waals surface area contributed by atoms with Crippen molar-refractivity contribution >= 4 is 39.4 Å². The number of esters is 1. The second-order valence-corrected chi connectivity index (χ2v) is 9.15. The Morgan fingerprint density at radius 1 is 1.03 bits per heavy atom. The van der Waals surface area contributed by atoms with Gasteiger partial charge in [-0.1, -0.05) is 46.5 Å². The summed E-state index contributed by atoms with van der Waals surface area (Å²) in [5.41, 5.74) is 1.56. The Hall–Kier alpha value is -2.47. The normalized spacial score (nSPS) is 25.0. The molecule has 148 valence electrons. The zero-order chi connectivity index (χ0) is 20.3. The zero-order valence-electron chi connectivity index (χ0n) is 16.0. The summed E-state index contributed by atoms with van der Waals surface area (Å²) in [4.78, 5) is 41.5. The van der Waals surface area contributed by atoms with Crippen molar-refractivity contribution in [3.8, 4) is 5.75 Å². The van der Waals surface area contributed by atoms with Crippen LogP contribution in [0.25, 0.3) is 0 Å². The maximum atomic E-state index is 13.8. The number of fused-ring (bicyclic) bond motifs is 4. The summed E-state index contributed by atoms with van der Waals surface area (Å²) in [6.45, 7) is 1.95. The van der Waals surface area contributed by atoms with Crippen LogP contribution in [0, 0.1) is 18.3 Å². The van der Waals surface area contributed by atoms with Crippen LogP contribution >= 0.6 is 15.9 Å². The molecular weight excluding hydrogens is 434 g/mol. The molecule has 0 radical (unpaired) electrons. The molecule has 3 aliphatic rings. The fraction of sp³-hybridized carbons (Fsp3) is 0.348. The Balaban J connectivity index is 1.71. The van der Waals surface area contributed by atoms with E-state index in [1.165, 1.54) is 4.90 Å². The van der Waals surface area contributed by atoms with Gasteiger partial charge in [-0.3, -0.25) is 14.4 Å². The first-order valence-corrected chi connectivity index (χ1v) is 10.7. The Kier molecular flexibility index (Phi) is 4.17. The van der Waals surface area contributed by atoms with E-state index in [0.29, 0.717) is 24.3 Å². The highest BCUT2D eigenvalue weighted by Gasteiger charge is 2.64. The van der Waals surface area contributed by atoms with Gasteiger partial charge in [0.15, 0.2) is 0 Å². The van der Waals surface area contributed by atoms with Gasteiger partial charge in [0.05, 0.1) is 11.1 Å². The molecule has 2 aromatic carbocycles. The van der Waals surface area contributed by atoms with E-state index in [1.54, 1.807) is 24.3 Å². The highest BCUT2D eigenvalue weighted by atomic mass is 79.9. The van der Waals surface area contributed by atoms with Gasteiger partial charge in [0.25, 0.3) is 0 Å². The van der Waals surface area contributed by atoms with E-state index in [0.717, 1.165) is 28.4 Å². The number of hydrogen-bond donors (Lipinski definition) is 0. The molecule has 2 atom stereocenters. The van der Waals surface area contributed by atoms with Crippen molar-refractivity contribution in [2.45, 2.75) is 38.5 Å². The summed E-state index contributed by atoms with van der Waals surface area (Å²) in [5, 5.41) is 0. The summed E-state index contributed by atoms with van der Waals surface area (Å²) >= 11 is 3.48. The van der Waals surface area contributed by atoms with Crippen molar-refractivity contribution in [2.75, 3.05) is 4.90 Å². The van der Waals surface area contributed by atoms with Crippen molar-refractivity contribution in [1.82, 2.24) is 0 Å². The molecule has 2 aliphatic heterocycles. The van der Waals surface area contributed by atoms with Gasteiger partial charge in [-0.15, -0.1) is 0 Å². The quantitative estimate of drug-likeness (QED) is 0.275. The lowest BCUT2D eigenvalue weighted by Gasteiger charge is -2.49. The Morgan fingerprint density at radius 2 is 1.72 bits per heavy atom. The largest absolute Gasteiger partial charge is 0.426 e. The number of halogens is 1. The molecule has 0 aromatic heterocycles. The monoisotopic (exact) mass is 453 g/mol.